The Hall–Kier alpha value is -2.49. The number of sulfonamides is 1. The molecule has 0 spiro atoms. The number of pyridine rings is 1. The topological polar surface area (TPSA) is 91.8 Å². The molecule has 8 nitrogen and oxygen atoms in total. The van der Waals surface area contributed by atoms with E-state index >= 15 is 0 Å². The molecule has 1 fully saturated rings. The van der Waals surface area contributed by atoms with Gasteiger partial charge in [-0.1, -0.05) is 6.07 Å². The van der Waals surface area contributed by atoms with Crippen LogP contribution in [0, 0.1) is 6.92 Å². The predicted octanol–water partition coefficient (Wildman–Crippen LogP) is 2.51. The van der Waals surface area contributed by atoms with Crippen molar-refractivity contribution in [2.45, 2.75) is 25.7 Å². The minimum atomic E-state index is -3.67. The van der Waals surface area contributed by atoms with Crippen LogP contribution in [0.4, 0.5) is 11.5 Å². The van der Waals surface area contributed by atoms with E-state index in [0.29, 0.717) is 43.1 Å². The van der Waals surface area contributed by atoms with E-state index in [4.69, 9.17) is 4.74 Å². The van der Waals surface area contributed by atoms with Gasteiger partial charge in [-0.15, -0.1) is 0 Å². The Labute approximate surface area is 177 Å². The normalized spacial score (nSPS) is 15.0. The number of morpholine rings is 1. The molecule has 0 atom stereocenters. The van der Waals surface area contributed by atoms with Gasteiger partial charge in [0.25, 0.3) is 5.91 Å². The molecule has 0 saturated carbocycles. The summed E-state index contributed by atoms with van der Waals surface area (Å²) in [6.07, 6.45) is 1.61. The summed E-state index contributed by atoms with van der Waals surface area (Å²) in [4.78, 5) is 19.5. The molecule has 1 aromatic carbocycles. The van der Waals surface area contributed by atoms with E-state index in [9.17, 15) is 13.2 Å². The van der Waals surface area contributed by atoms with Crippen molar-refractivity contribution in [3.05, 3.63) is 47.7 Å². The van der Waals surface area contributed by atoms with E-state index < -0.39 is 10.0 Å². The molecular weight excluding hydrogens is 404 g/mol. The lowest BCUT2D eigenvalue weighted by atomic mass is 10.1. The number of ether oxygens (including phenoxy) is 1. The zero-order valence-electron chi connectivity index (χ0n) is 17.6. The molecule has 1 saturated heterocycles. The third-order valence-electron chi connectivity index (χ3n) is 5.15. The number of benzene rings is 1. The molecule has 0 radical (unpaired) electrons. The first-order chi connectivity index (χ1) is 14.4. The monoisotopic (exact) mass is 432 g/mol. The van der Waals surface area contributed by atoms with Crippen LogP contribution in [0.15, 0.2) is 41.4 Å². The summed E-state index contributed by atoms with van der Waals surface area (Å²) < 4.78 is 32.5. The molecule has 1 aromatic heterocycles. The van der Waals surface area contributed by atoms with Crippen LogP contribution in [0.25, 0.3) is 0 Å². The summed E-state index contributed by atoms with van der Waals surface area (Å²) in [5, 5.41) is 2.81. The van der Waals surface area contributed by atoms with Crippen molar-refractivity contribution < 1.29 is 17.9 Å². The lowest BCUT2D eigenvalue weighted by Crippen LogP contribution is -2.40. The molecule has 9 heteroatoms. The molecule has 0 bridgehead atoms. The zero-order chi connectivity index (χ0) is 21.7. The highest BCUT2D eigenvalue weighted by atomic mass is 32.2. The molecule has 0 unspecified atom stereocenters. The summed E-state index contributed by atoms with van der Waals surface area (Å²) in [5.41, 5.74) is 1.56. The van der Waals surface area contributed by atoms with Gasteiger partial charge in [0.05, 0.1) is 30.0 Å². The molecule has 2 aromatic rings. The van der Waals surface area contributed by atoms with Crippen LogP contribution in [0.5, 0.6) is 0 Å². The number of hydrogen-bond acceptors (Lipinski definition) is 6. The van der Waals surface area contributed by atoms with Gasteiger partial charge in [-0.3, -0.25) is 4.79 Å². The van der Waals surface area contributed by atoms with E-state index in [1.54, 1.807) is 25.3 Å². The van der Waals surface area contributed by atoms with E-state index in [1.807, 2.05) is 6.07 Å². The van der Waals surface area contributed by atoms with E-state index in [-0.39, 0.29) is 10.8 Å². The van der Waals surface area contributed by atoms with Crippen molar-refractivity contribution in [3.8, 4) is 0 Å². The predicted molar refractivity (Wildman–Crippen MR) is 117 cm³/mol. The van der Waals surface area contributed by atoms with Gasteiger partial charge in [0.2, 0.25) is 10.0 Å². The van der Waals surface area contributed by atoms with E-state index in [1.165, 1.54) is 16.4 Å². The largest absolute Gasteiger partial charge is 0.379 e. The lowest BCUT2D eigenvalue weighted by molar-refractivity contribution is 0.0730. The Morgan fingerprint density at radius 2 is 1.87 bits per heavy atom. The SMILES string of the molecule is CCN(CC)c1ccc(NC(=O)c2cc(S(=O)(=O)N3CCOCC3)ccc2C)cn1. The first kappa shape index (κ1) is 22.2. The Morgan fingerprint density at radius 3 is 2.47 bits per heavy atom. The maximum atomic E-state index is 12.9. The second-order valence-electron chi connectivity index (χ2n) is 7.02. The van der Waals surface area contributed by atoms with Crippen molar-refractivity contribution in [3.63, 3.8) is 0 Å². The van der Waals surface area contributed by atoms with Crippen molar-refractivity contribution in [2.75, 3.05) is 49.6 Å². The molecule has 1 amide bonds. The molecule has 1 aliphatic heterocycles. The number of aryl methyl sites for hydroxylation is 1. The van der Waals surface area contributed by atoms with Gasteiger partial charge in [0.1, 0.15) is 5.82 Å². The summed E-state index contributed by atoms with van der Waals surface area (Å²) >= 11 is 0. The highest BCUT2D eigenvalue weighted by Crippen LogP contribution is 2.22. The first-order valence-corrected chi connectivity index (χ1v) is 11.5. The molecule has 1 N–H and O–H groups in total. The number of carbonyl (C=O) groups is 1. The van der Waals surface area contributed by atoms with Crippen LogP contribution in [-0.4, -0.2) is 63.0 Å². The second kappa shape index (κ2) is 9.55. The fourth-order valence-corrected chi connectivity index (χ4v) is 4.77. The Balaban J connectivity index is 1.80. The van der Waals surface area contributed by atoms with Gasteiger partial charge < -0.3 is 15.0 Å². The number of nitrogens with zero attached hydrogens (tertiary/aromatic N) is 3. The van der Waals surface area contributed by atoms with Gasteiger partial charge >= 0.3 is 0 Å². The highest BCUT2D eigenvalue weighted by Gasteiger charge is 2.27. The highest BCUT2D eigenvalue weighted by molar-refractivity contribution is 7.89. The van der Waals surface area contributed by atoms with Crippen molar-refractivity contribution in [2.24, 2.45) is 0 Å². The minimum absolute atomic E-state index is 0.107. The molecule has 162 valence electrons. The Morgan fingerprint density at radius 1 is 1.17 bits per heavy atom. The Bertz CT molecular complexity index is 983. The van der Waals surface area contributed by atoms with Crippen LogP contribution in [-0.2, 0) is 14.8 Å². The van der Waals surface area contributed by atoms with E-state index in [0.717, 1.165) is 18.9 Å². The lowest BCUT2D eigenvalue weighted by Gasteiger charge is -2.26. The molecular formula is C21H28N4O4S. The van der Waals surface area contributed by atoms with Crippen LogP contribution >= 0.6 is 0 Å². The van der Waals surface area contributed by atoms with Crippen LogP contribution in [0.1, 0.15) is 29.8 Å². The smallest absolute Gasteiger partial charge is 0.256 e. The second-order valence-corrected chi connectivity index (χ2v) is 8.96. The third kappa shape index (κ3) is 4.80. The number of carbonyl (C=O) groups excluding carboxylic acids is 1. The first-order valence-electron chi connectivity index (χ1n) is 10.1. The summed E-state index contributed by atoms with van der Waals surface area (Å²) in [6.45, 7) is 8.94. The molecule has 1 aliphatic rings. The molecule has 2 heterocycles. The maximum absolute atomic E-state index is 12.9. The third-order valence-corrected chi connectivity index (χ3v) is 7.05. The van der Waals surface area contributed by atoms with E-state index in [2.05, 4.69) is 29.0 Å². The molecule has 30 heavy (non-hydrogen) atoms. The average molecular weight is 433 g/mol. The summed E-state index contributed by atoms with van der Waals surface area (Å²) in [6, 6.07) is 8.28. The number of hydrogen-bond donors (Lipinski definition) is 1. The van der Waals surface area contributed by atoms with Gasteiger partial charge in [-0.2, -0.15) is 4.31 Å². The van der Waals surface area contributed by atoms with Crippen LogP contribution < -0.4 is 10.2 Å². The summed E-state index contributed by atoms with van der Waals surface area (Å²) in [7, 11) is -3.67. The fraction of sp³-hybridized carbons (Fsp3) is 0.429. The van der Waals surface area contributed by atoms with Gasteiger partial charge in [-0.05, 0) is 50.6 Å². The van der Waals surface area contributed by atoms with Gasteiger partial charge in [0, 0.05) is 31.7 Å². The number of aromatic nitrogens is 1. The zero-order valence-corrected chi connectivity index (χ0v) is 18.4. The number of rotatable bonds is 7. The number of nitrogens with one attached hydrogen (secondary N) is 1. The molecule has 0 aliphatic carbocycles. The molecule has 3 rings (SSSR count). The van der Waals surface area contributed by atoms with Crippen molar-refractivity contribution in [1.82, 2.24) is 9.29 Å². The van der Waals surface area contributed by atoms with Crippen LogP contribution in [0.3, 0.4) is 0 Å². The van der Waals surface area contributed by atoms with Crippen molar-refractivity contribution >= 4 is 27.4 Å². The number of amides is 1. The Kier molecular flexibility index (Phi) is 7.06. The van der Waals surface area contributed by atoms with Crippen LogP contribution in [0.2, 0.25) is 0 Å². The minimum Gasteiger partial charge on any atom is -0.379 e. The quantitative estimate of drug-likeness (QED) is 0.723. The average Bonchev–Trinajstić information content (AvgIpc) is 2.76. The maximum Gasteiger partial charge on any atom is 0.256 e. The van der Waals surface area contributed by atoms with Crippen molar-refractivity contribution in [1.29, 1.82) is 0 Å². The standard InChI is InChI=1S/C21H28N4O4S/c1-4-24(5-2)20-9-7-17(15-22-20)23-21(26)19-14-18(8-6-16(19)3)30(27,28)25-10-12-29-13-11-25/h6-9,14-15H,4-5,10-13H2,1-3H3,(H,23,26). The van der Waals surface area contributed by atoms with Gasteiger partial charge in [-0.25, -0.2) is 13.4 Å². The fourth-order valence-electron chi connectivity index (χ4n) is 3.34. The summed E-state index contributed by atoms with van der Waals surface area (Å²) in [5.74, 6) is 0.469. The van der Waals surface area contributed by atoms with Gasteiger partial charge in [0.15, 0.2) is 0 Å². The number of anilines is 2.